The van der Waals surface area contributed by atoms with Gasteiger partial charge in [-0.15, -0.1) is 0 Å². The van der Waals surface area contributed by atoms with Gasteiger partial charge in [0.1, 0.15) is 5.76 Å². The summed E-state index contributed by atoms with van der Waals surface area (Å²) in [6.07, 6.45) is 2.79. The van der Waals surface area contributed by atoms with Crippen LogP contribution >= 0.6 is 15.9 Å². The van der Waals surface area contributed by atoms with Crippen molar-refractivity contribution in [1.82, 2.24) is 10.6 Å². The maximum atomic E-state index is 12.1. The normalized spacial score (nSPS) is 11.2. The van der Waals surface area contributed by atoms with E-state index in [0.717, 1.165) is 27.9 Å². The number of amides is 1. The maximum absolute atomic E-state index is 12.1. The Labute approximate surface area is 156 Å². The molecule has 0 spiro atoms. The molecule has 1 heterocycles. The van der Waals surface area contributed by atoms with E-state index in [2.05, 4.69) is 36.9 Å². The minimum Gasteiger partial charge on any atom is -0.469 e. The molecule has 0 saturated heterocycles. The number of nitrogens with one attached hydrogen (secondary N) is 3. The zero-order valence-electron chi connectivity index (χ0n) is 14.4. The molecule has 2 aromatic rings. The number of guanidine groups is 1. The van der Waals surface area contributed by atoms with Crippen LogP contribution < -0.4 is 16.0 Å². The zero-order chi connectivity index (χ0) is 18.1. The van der Waals surface area contributed by atoms with Crippen LogP contribution in [0.2, 0.25) is 0 Å². The molecule has 25 heavy (non-hydrogen) atoms. The standard InChI is InChI=1S/C18H23BrN4O2/c1-13-12-14(19)5-6-16(13)23-17(24)8-10-22-18(20-2)21-9-7-15-4-3-11-25-15/h3-6,11-12H,7-10H2,1-2H3,(H,23,24)(H2,20,21,22). The van der Waals surface area contributed by atoms with Crippen LogP contribution in [0, 0.1) is 6.92 Å². The summed E-state index contributed by atoms with van der Waals surface area (Å²) in [5, 5.41) is 9.24. The molecule has 0 aliphatic heterocycles. The van der Waals surface area contributed by atoms with E-state index in [1.165, 1.54) is 0 Å². The summed E-state index contributed by atoms with van der Waals surface area (Å²) in [7, 11) is 1.70. The second kappa shape index (κ2) is 9.88. The van der Waals surface area contributed by atoms with E-state index < -0.39 is 0 Å². The van der Waals surface area contributed by atoms with E-state index in [0.29, 0.717) is 25.5 Å². The van der Waals surface area contributed by atoms with E-state index in [-0.39, 0.29) is 5.91 Å². The van der Waals surface area contributed by atoms with Gasteiger partial charge in [0.15, 0.2) is 5.96 Å². The van der Waals surface area contributed by atoms with Crippen molar-refractivity contribution in [3.05, 3.63) is 52.4 Å². The van der Waals surface area contributed by atoms with Crippen molar-refractivity contribution in [1.29, 1.82) is 0 Å². The number of aryl methyl sites for hydroxylation is 1. The van der Waals surface area contributed by atoms with Gasteiger partial charge in [-0.3, -0.25) is 9.79 Å². The van der Waals surface area contributed by atoms with Crippen molar-refractivity contribution in [2.75, 3.05) is 25.5 Å². The average Bonchev–Trinajstić information content (AvgIpc) is 3.09. The Bertz CT molecular complexity index is 714. The molecule has 0 unspecified atom stereocenters. The van der Waals surface area contributed by atoms with Crippen molar-refractivity contribution in [2.24, 2.45) is 4.99 Å². The number of furan rings is 1. The van der Waals surface area contributed by atoms with Crippen LogP contribution in [0.25, 0.3) is 0 Å². The van der Waals surface area contributed by atoms with Crippen molar-refractivity contribution in [2.45, 2.75) is 19.8 Å². The average molecular weight is 407 g/mol. The topological polar surface area (TPSA) is 78.7 Å². The predicted molar refractivity (Wildman–Crippen MR) is 104 cm³/mol. The van der Waals surface area contributed by atoms with Gasteiger partial charge in [0.25, 0.3) is 0 Å². The third kappa shape index (κ3) is 6.62. The van der Waals surface area contributed by atoms with Gasteiger partial charge < -0.3 is 20.4 Å². The third-order valence-electron chi connectivity index (χ3n) is 3.57. The van der Waals surface area contributed by atoms with Crippen LogP contribution in [0.5, 0.6) is 0 Å². The highest BCUT2D eigenvalue weighted by atomic mass is 79.9. The molecule has 2 rings (SSSR count). The first kappa shape index (κ1) is 19.1. The SMILES string of the molecule is CN=C(NCCC(=O)Nc1ccc(Br)cc1C)NCCc1ccco1. The molecule has 1 aromatic carbocycles. The Morgan fingerprint density at radius 1 is 1.24 bits per heavy atom. The van der Waals surface area contributed by atoms with E-state index in [1.54, 1.807) is 13.3 Å². The van der Waals surface area contributed by atoms with Crippen LogP contribution in [-0.4, -0.2) is 32.0 Å². The number of benzene rings is 1. The number of carbonyl (C=O) groups excluding carboxylic acids is 1. The molecular weight excluding hydrogens is 384 g/mol. The van der Waals surface area contributed by atoms with Crippen LogP contribution in [0.15, 0.2) is 50.5 Å². The molecule has 0 bridgehead atoms. The Kier molecular flexibility index (Phi) is 7.53. The lowest BCUT2D eigenvalue weighted by molar-refractivity contribution is -0.116. The van der Waals surface area contributed by atoms with E-state index in [9.17, 15) is 4.79 Å². The van der Waals surface area contributed by atoms with Crippen molar-refractivity contribution < 1.29 is 9.21 Å². The first-order valence-corrected chi connectivity index (χ1v) is 8.90. The highest BCUT2D eigenvalue weighted by molar-refractivity contribution is 9.10. The van der Waals surface area contributed by atoms with Gasteiger partial charge in [-0.1, -0.05) is 15.9 Å². The molecule has 7 heteroatoms. The first-order chi connectivity index (χ1) is 12.1. The lowest BCUT2D eigenvalue weighted by Gasteiger charge is -2.12. The highest BCUT2D eigenvalue weighted by Gasteiger charge is 2.06. The Morgan fingerprint density at radius 2 is 2.04 bits per heavy atom. The van der Waals surface area contributed by atoms with Crippen LogP contribution in [0.3, 0.4) is 0 Å². The van der Waals surface area contributed by atoms with Crippen LogP contribution in [0.4, 0.5) is 5.69 Å². The molecule has 134 valence electrons. The summed E-state index contributed by atoms with van der Waals surface area (Å²) in [6.45, 7) is 3.17. The number of aliphatic imine (C=N–C) groups is 1. The van der Waals surface area contributed by atoms with E-state index >= 15 is 0 Å². The minimum atomic E-state index is -0.0380. The second-order valence-electron chi connectivity index (χ2n) is 5.51. The highest BCUT2D eigenvalue weighted by Crippen LogP contribution is 2.19. The van der Waals surface area contributed by atoms with Gasteiger partial charge in [-0.25, -0.2) is 0 Å². The van der Waals surface area contributed by atoms with Gasteiger partial charge in [-0.05, 0) is 42.8 Å². The fourth-order valence-corrected chi connectivity index (χ4v) is 2.73. The van der Waals surface area contributed by atoms with Crippen molar-refractivity contribution >= 4 is 33.5 Å². The molecule has 0 fully saturated rings. The molecular formula is C18H23BrN4O2. The predicted octanol–water partition coefficient (Wildman–Crippen LogP) is 3.09. The van der Waals surface area contributed by atoms with Crippen molar-refractivity contribution in [3.63, 3.8) is 0 Å². The Morgan fingerprint density at radius 3 is 2.72 bits per heavy atom. The fraction of sp³-hybridized carbons (Fsp3) is 0.333. The van der Waals surface area contributed by atoms with E-state index in [4.69, 9.17) is 4.42 Å². The lowest BCUT2D eigenvalue weighted by Crippen LogP contribution is -2.39. The van der Waals surface area contributed by atoms with Crippen LogP contribution in [0.1, 0.15) is 17.7 Å². The lowest BCUT2D eigenvalue weighted by atomic mass is 10.2. The number of halogens is 1. The zero-order valence-corrected chi connectivity index (χ0v) is 16.0. The van der Waals surface area contributed by atoms with Gasteiger partial charge in [0, 0.05) is 43.1 Å². The third-order valence-corrected chi connectivity index (χ3v) is 4.07. The van der Waals surface area contributed by atoms with Gasteiger partial charge in [0.2, 0.25) is 5.91 Å². The second-order valence-corrected chi connectivity index (χ2v) is 6.43. The monoisotopic (exact) mass is 406 g/mol. The van der Waals surface area contributed by atoms with Gasteiger partial charge in [0.05, 0.1) is 6.26 Å². The Balaban J connectivity index is 1.68. The molecule has 0 aliphatic carbocycles. The molecule has 0 saturated carbocycles. The summed E-state index contributed by atoms with van der Waals surface area (Å²) in [5.74, 6) is 1.55. The largest absolute Gasteiger partial charge is 0.469 e. The quantitative estimate of drug-likeness (QED) is 0.487. The molecule has 1 amide bonds. The number of carbonyl (C=O) groups is 1. The molecule has 0 atom stereocenters. The summed E-state index contributed by atoms with van der Waals surface area (Å²) in [4.78, 5) is 16.2. The summed E-state index contributed by atoms with van der Waals surface area (Å²) < 4.78 is 6.27. The number of rotatable bonds is 7. The number of hydrogen-bond donors (Lipinski definition) is 3. The fourth-order valence-electron chi connectivity index (χ4n) is 2.25. The number of hydrogen-bond acceptors (Lipinski definition) is 3. The van der Waals surface area contributed by atoms with Crippen molar-refractivity contribution in [3.8, 4) is 0 Å². The molecule has 6 nitrogen and oxygen atoms in total. The summed E-state index contributed by atoms with van der Waals surface area (Å²) in [6, 6.07) is 9.57. The first-order valence-electron chi connectivity index (χ1n) is 8.11. The number of nitrogens with zero attached hydrogens (tertiary/aromatic N) is 1. The summed E-state index contributed by atoms with van der Waals surface area (Å²) in [5.41, 5.74) is 1.85. The smallest absolute Gasteiger partial charge is 0.226 e. The summed E-state index contributed by atoms with van der Waals surface area (Å²) >= 11 is 3.41. The number of anilines is 1. The Hall–Kier alpha value is -2.28. The van der Waals surface area contributed by atoms with Gasteiger partial charge in [-0.2, -0.15) is 0 Å². The molecule has 3 N–H and O–H groups in total. The maximum Gasteiger partial charge on any atom is 0.226 e. The minimum absolute atomic E-state index is 0.0380. The molecule has 0 radical (unpaired) electrons. The molecule has 1 aromatic heterocycles. The molecule has 0 aliphatic rings. The van der Waals surface area contributed by atoms with E-state index in [1.807, 2.05) is 37.3 Å². The van der Waals surface area contributed by atoms with Crippen LogP contribution in [-0.2, 0) is 11.2 Å². The van der Waals surface area contributed by atoms with Gasteiger partial charge >= 0.3 is 0 Å².